The molecule has 0 aliphatic rings. The van der Waals surface area contributed by atoms with Crippen molar-refractivity contribution < 1.29 is 23.1 Å². The standard InChI is InChI=1S/C12H12N2O5S2/c1-2-19-9-5-3-4-8(6-9)14-21(17,18)12-10(11(15)16)13-7-20-12/h3-7,14H,2H2,1H3,(H,15,16). The number of ether oxygens (including phenoxy) is 1. The predicted molar refractivity (Wildman–Crippen MR) is 77.5 cm³/mol. The van der Waals surface area contributed by atoms with E-state index in [1.165, 1.54) is 11.6 Å². The molecule has 2 rings (SSSR count). The molecular formula is C12H12N2O5S2. The maximum Gasteiger partial charge on any atom is 0.356 e. The van der Waals surface area contributed by atoms with Crippen LogP contribution in [-0.4, -0.2) is 31.1 Å². The zero-order valence-electron chi connectivity index (χ0n) is 10.9. The van der Waals surface area contributed by atoms with Crippen molar-refractivity contribution in [2.24, 2.45) is 0 Å². The fourth-order valence-corrected chi connectivity index (χ4v) is 3.78. The van der Waals surface area contributed by atoms with Gasteiger partial charge in [-0.25, -0.2) is 18.2 Å². The van der Waals surface area contributed by atoms with E-state index in [1.54, 1.807) is 18.2 Å². The van der Waals surface area contributed by atoms with Crippen LogP contribution in [0.2, 0.25) is 0 Å². The average molecular weight is 328 g/mol. The Morgan fingerprint density at radius 1 is 1.48 bits per heavy atom. The minimum atomic E-state index is -4.01. The molecule has 112 valence electrons. The van der Waals surface area contributed by atoms with E-state index < -0.39 is 21.7 Å². The van der Waals surface area contributed by atoms with E-state index in [0.717, 1.165) is 11.3 Å². The smallest absolute Gasteiger partial charge is 0.356 e. The summed E-state index contributed by atoms with van der Waals surface area (Å²) < 4.78 is 31.7. The van der Waals surface area contributed by atoms with E-state index in [4.69, 9.17) is 9.84 Å². The Labute approximate surface area is 125 Å². The third kappa shape index (κ3) is 3.50. The van der Waals surface area contributed by atoms with Gasteiger partial charge >= 0.3 is 5.97 Å². The maximum absolute atomic E-state index is 12.2. The molecule has 0 saturated carbocycles. The molecule has 0 fully saturated rings. The van der Waals surface area contributed by atoms with Crippen LogP contribution < -0.4 is 9.46 Å². The lowest BCUT2D eigenvalue weighted by Gasteiger charge is -2.09. The average Bonchev–Trinajstić information content (AvgIpc) is 2.89. The maximum atomic E-state index is 12.2. The monoisotopic (exact) mass is 328 g/mol. The van der Waals surface area contributed by atoms with Gasteiger partial charge in [0.25, 0.3) is 10.0 Å². The number of sulfonamides is 1. The van der Waals surface area contributed by atoms with Gasteiger partial charge in [0.1, 0.15) is 5.75 Å². The normalized spacial score (nSPS) is 11.1. The number of aromatic carboxylic acids is 1. The number of thiazole rings is 1. The summed E-state index contributed by atoms with van der Waals surface area (Å²) in [5, 5.41) is 8.93. The summed E-state index contributed by atoms with van der Waals surface area (Å²) in [4.78, 5) is 14.5. The van der Waals surface area contributed by atoms with Crippen LogP contribution in [0.5, 0.6) is 5.75 Å². The molecule has 0 amide bonds. The molecule has 0 atom stereocenters. The number of nitrogens with zero attached hydrogens (tertiary/aromatic N) is 1. The number of hydrogen-bond donors (Lipinski definition) is 2. The van der Waals surface area contributed by atoms with Crippen LogP contribution in [0.1, 0.15) is 17.4 Å². The Morgan fingerprint density at radius 2 is 2.24 bits per heavy atom. The van der Waals surface area contributed by atoms with Crippen molar-refractivity contribution in [2.75, 3.05) is 11.3 Å². The molecule has 0 bridgehead atoms. The van der Waals surface area contributed by atoms with Gasteiger partial charge in [-0.1, -0.05) is 6.07 Å². The zero-order valence-corrected chi connectivity index (χ0v) is 12.6. The van der Waals surface area contributed by atoms with E-state index in [2.05, 4.69) is 9.71 Å². The lowest BCUT2D eigenvalue weighted by Crippen LogP contribution is -2.15. The lowest BCUT2D eigenvalue weighted by atomic mass is 10.3. The van der Waals surface area contributed by atoms with Crippen LogP contribution in [0.15, 0.2) is 34.0 Å². The third-order valence-electron chi connectivity index (χ3n) is 2.38. The minimum Gasteiger partial charge on any atom is -0.494 e. The number of carboxylic acid groups (broad SMARTS) is 1. The molecule has 1 aromatic carbocycles. The lowest BCUT2D eigenvalue weighted by molar-refractivity contribution is 0.0687. The summed E-state index contributed by atoms with van der Waals surface area (Å²) in [6.07, 6.45) is 0. The van der Waals surface area contributed by atoms with E-state index in [-0.39, 0.29) is 9.90 Å². The van der Waals surface area contributed by atoms with Crippen molar-refractivity contribution in [3.8, 4) is 5.75 Å². The van der Waals surface area contributed by atoms with Gasteiger partial charge < -0.3 is 9.84 Å². The number of rotatable bonds is 6. The second kappa shape index (κ2) is 6.10. The van der Waals surface area contributed by atoms with Crippen molar-refractivity contribution in [1.29, 1.82) is 0 Å². The van der Waals surface area contributed by atoms with Crippen LogP contribution in [0.25, 0.3) is 0 Å². The van der Waals surface area contributed by atoms with Crippen LogP contribution >= 0.6 is 11.3 Å². The molecule has 2 aromatic rings. The molecule has 1 heterocycles. The van der Waals surface area contributed by atoms with Gasteiger partial charge in [-0.15, -0.1) is 11.3 Å². The summed E-state index contributed by atoms with van der Waals surface area (Å²) in [6, 6.07) is 6.38. The highest BCUT2D eigenvalue weighted by Crippen LogP contribution is 2.25. The van der Waals surface area contributed by atoms with Gasteiger partial charge in [-0.2, -0.15) is 0 Å². The summed E-state index contributed by atoms with van der Waals surface area (Å²) in [5.41, 5.74) is 0.966. The molecular weight excluding hydrogens is 316 g/mol. The number of nitrogens with one attached hydrogen (secondary N) is 1. The number of anilines is 1. The van der Waals surface area contributed by atoms with Crippen molar-refractivity contribution in [3.63, 3.8) is 0 Å². The summed E-state index contributed by atoms with van der Waals surface area (Å²) in [5.74, 6) is -0.875. The van der Waals surface area contributed by atoms with Crippen molar-refractivity contribution in [1.82, 2.24) is 4.98 Å². The van der Waals surface area contributed by atoms with Crippen molar-refractivity contribution >= 4 is 33.0 Å². The van der Waals surface area contributed by atoms with Gasteiger partial charge in [0.2, 0.25) is 0 Å². The number of hydrogen-bond acceptors (Lipinski definition) is 6. The Bertz CT molecular complexity index is 755. The Hall–Kier alpha value is -2.13. The van der Waals surface area contributed by atoms with E-state index in [0.29, 0.717) is 12.4 Å². The number of aromatic nitrogens is 1. The van der Waals surface area contributed by atoms with Gasteiger partial charge in [-0.05, 0) is 19.1 Å². The summed E-state index contributed by atoms with van der Waals surface area (Å²) in [7, 11) is -4.01. The molecule has 0 unspecified atom stereocenters. The first-order valence-electron chi connectivity index (χ1n) is 5.86. The Morgan fingerprint density at radius 3 is 2.90 bits per heavy atom. The largest absolute Gasteiger partial charge is 0.494 e. The van der Waals surface area contributed by atoms with Gasteiger partial charge in [0, 0.05) is 6.07 Å². The zero-order chi connectivity index (χ0) is 15.5. The summed E-state index contributed by atoms with van der Waals surface area (Å²) >= 11 is 0.745. The Kier molecular flexibility index (Phi) is 4.43. The second-order valence-corrected chi connectivity index (χ2v) is 6.59. The highest BCUT2D eigenvalue weighted by molar-refractivity contribution is 7.94. The third-order valence-corrected chi connectivity index (χ3v) is 5.13. The molecule has 0 spiro atoms. The fourth-order valence-electron chi connectivity index (χ4n) is 1.59. The molecule has 1 aromatic heterocycles. The first-order valence-corrected chi connectivity index (χ1v) is 8.23. The Balaban J connectivity index is 2.31. The molecule has 0 radical (unpaired) electrons. The molecule has 7 nitrogen and oxygen atoms in total. The van der Waals surface area contributed by atoms with Gasteiger partial charge in [-0.3, -0.25) is 4.72 Å². The number of carbonyl (C=O) groups is 1. The molecule has 0 saturated heterocycles. The molecule has 21 heavy (non-hydrogen) atoms. The summed E-state index contributed by atoms with van der Waals surface area (Å²) in [6.45, 7) is 2.27. The second-order valence-electron chi connectivity index (χ2n) is 3.86. The molecule has 0 aliphatic heterocycles. The topological polar surface area (TPSA) is 106 Å². The van der Waals surface area contributed by atoms with E-state index >= 15 is 0 Å². The number of carboxylic acids is 1. The quantitative estimate of drug-likeness (QED) is 0.840. The van der Waals surface area contributed by atoms with Crippen molar-refractivity contribution in [3.05, 3.63) is 35.5 Å². The first kappa shape index (κ1) is 15.3. The van der Waals surface area contributed by atoms with Gasteiger partial charge in [0.05, 0.1) is 17.8 Å². The first-order chi connectivity index (χ1) is 9.94. The van der Waals surface area contributed by atoms with Gasteiger partial charge in [0.15, 0.2) is 9.90 Å². The van der Waals surface area contributed by atoms with Crippen LogP contribution in [-0.2, 0) is 10.0 Å². The fraction of sp³-hybridized carbons (Fsp3) is 0.167. The minimum absolute atomic E-state index is 0.283. The predicted octanol–water partition coefficient (Wildman–Crippen LogP) is 2.04. The molecule has 9 heteroatoms. The highest BCUT2D eigenvalue weighted by atomic mass is 32.2. The molecule has 0 aliphatic carbocycles. The molecule has 2 N–H and O–H groups in total. The van der Waals surface area contributed by atoms with E-state index in [1.807, 2.05) is 6.92 Å². The van der Waals surface area contributed by atoms with E-state index in [9.17, 15) is 13.2 Å². The van der Waals surface area contributed by atoms with Crippen LogP contribution in [0, 0.1) is 0 Å². The highest BCUT2D eigenvalue weighted by Gasteiger charge is 2.25. The van der Waals surface area contributed by atoms with Crippen molar-refractivity contribution in [2.45, 2.75) is 11.1 Å². The van der Waals surface area contributed by atoms with Crippen LogP contribution in [0.4, 0.5) is 5.69 Å². The van der Waals surface area contributed by atoms with Crippen LogP contribution in [0.3, 0.4) is 0 Å². The number of benzene rings is 1. The SMILES string of the molecule is CCOc1cccc(NS(=O)(=O)c2scnc2C(=O)O)c1.